The highest BCUT2D eigenvalue weighted by atomic mass is 19.1. The second-order valence-corrected chi connectivity index (χ2v) is 10.1. The summed E-state index contributed by atoms with van der Waals surface area (Å²) in [4.78, 5) is 41.6. The molecule has 9 heteroatoms. The maximum Gasteiger partial charge on any atom is 0.251 e. The summed E-state index contributed by atoms with van der Waals surface area (Å²) in [6.07, 6.45) is 2.17. The Bertz CT molecular complexity index is 1170. The summed E-state index contributed by atoms with van der Waals surface area (Å²) in [6, 6.07) is 14.6. The molecule has 2 amide bonds. The Kier molecular flexibility index (Phi) is 9.21. The van der Waals surface area contributed by atoms with Crippen molar-refractivity contribution < 1.29 is 18.8 Å². The van der Waals surface area contributed by atoms with Gasteiger partial charge in [0.25, 0.3) is 5.91 Å². The summed E-state index contributed by atoms with van der Waals surface area (Å²) in [5.74, 6) is -0.241. The van der Waals surface area contributed by atoms with Gasteiger partial charge in [0.1, 0.15) is 17.6 Å². The van der Waals surface area contributed by atoms with Gasteiger partial charge in [0.05, 0.1) is 18.2 Å². The van der Waals surface area contributed by atoms with E-state index in [-0.39, 0.29) is 23.4 Å². The molecular weight excluding hydrogens is 485 g/mol. The van der Waals surface area contributed by atoms with Crippen molar-refractivity contribution in [3.05, 3.63) is 71.0 Å². The highest BCUT2D eigenvalue weighted by Crippen LogP contribution is 2.40. The zero-order chi connectivity index (χ0) is 27.1. The molecule has 0 aromatic heterocycles. The van der Waals surface area contributed by atoms with Gasteiger partial charge in [0.2, 0.25) is 5.91 Å². The number of hydrogen-bond acceptors (Lipinski definition) is 6. The molecule has 8 nitrogen and oxygen atoms in total. The van der Waals surface area contributed by atoms with Crippen LogP contribution in [0.15, 0.2) is 48.5 Å². The quantitative estimate of drug-likeness (QED) is 0.442. The van der Waals surface area contributed by atoms with Gasteiger partial charge in [-0.3, -0.25) is 19.3 Å². The van der Waals surface area contributed by atoms with Gasteiger partial charge in [-0.2, -0.15) is 5.26 Å². The summed E-state index contributed by atoms with van der Waals surface area (Å²) in [7, 11) is 0. The highest BCUT2D eigenvalue weighted by molar-refractivity contribution is 5.97. The van der Waals surface area contributed by atoms with Crippen molar-refractivity contribution in [1.82, 2.24) is 20.4 Å². The number of hydrogen-bond donors (Lipinski definition) is 2. The Morgan fingerprint density at radius 1 is 1.05 bits per heavy atom. The number of nitrogens with one attached hydrogen (secondary N) is 2. The lowest BCUT2D eigenvalue weighted by atomic mass is 10.1. The van der Waals surface area contributed by atoms with Crippen LogP contribution in [0.5, 0.6) is 0 Å². The van der Waals surface area contributed by atoms with Crippen LogP contribution in [0.3, 0.4) is 0 Å². The molecule has 200 valence electrons. The maximum absolute atomic E-state index is 13.4. The van der Waals surface area contributed by atoms with Gasteiger partial charge in [-0.15, -0.1) is 0 Å². The van der Waals surface area contributed by atoms with E-state index in [2.05, 4.69) is 10.6 Å². The minimum atomic E-state index is -0.675. The van der Waals surface area contributed by atoms with E-state index in [4.69, 9.17) is 5.26 Å². The number of carbonyl (C=O) groups is 3. The fourth-order valence-corrected chi connectivity index (χ4v) is 4.95. The van der Waals surface area contributed by atoms with Gasteiger partial charge in [0, 0.05) is 43.7 Å². The third-order valence-corrected chi connectivity index (χ3v) is 7.17. The van der Waals surface area contributed by atoms with Gasteiger partial charge in [-0.05, 0) is 74.7 Å². The normalized spacial score (nSPS) is 19.9. The van der Waals surface area contributed by atoms with Gasteiger partial charge in [-0.1, -0.05) is 12.1 Å². The van der Waals surface area contributed by atoms with Crippen molar-refractivity contribution in [2.75, 3.05) is 39.3 Å². The summed E-state index contributed by atoms with van der Waals surface area (Å²) in [6.45, 7) is 4.90. The number of halogens is 1. The van der Waals surface area contributed by atoms with Gasteiger partial charge >= 0.3 is 0 Å². The third kappa shape index (κ3) is 7.46. The fraction of sp³-hybridized carbons (Fsp3) is 0.448. The molecule has 38 heavy (non-hydrogen) atoms. The van der Waals surface area contributed by atoms with Crippen LogP contribution in [0.1, 0.15) is 53.6 Å². The van der Waals surface area contributed by atoms with E-state index in [0.717, 1.165) is 12.0 Å². The van der Waals surface area contributed by atoms with Crippen molar-refractivity contribution in [3.8, 4) is 6.07 Å². The van der Waals surface area contributed by atoms with Gasteiger partial charge < -0.3 is 15.5 Å². The number of ketones is 1. The van der Waals surface area contributed by atoms with E-state index in [1.54, 1.807) is 36.1 Å². The molecule has 4 rings (SSSR count). The zero-order valence-electron chi connectivity index (χ0n) is 21.7. The molecule has 0 radical (unpaired) electrons. The zero-order valence-corrected chi connectivity index (χ0v) is 21.7. The molecule has 1 aliphatic heterocycles. The first-order chi connectivity index (χ1) is 18.3. The number of amides is 2. The Morgan fingerprint density at radius 2 is 1.74 bits per heavy atom. The molecule has 2 fully saturated rings. The highest BCUT2D eigenvalue weighted by Gasteiger charge is 2.37. The first-order valence-electron chi connectivity index (χ1n) is 13.1. The molecule has 0 spiro atoms. The fourth-order valence-electron chi connectivity index (χ4n) is 4.95. The minimum Gasteiger partial charge on any atom is -0.340 e. The second kappa shape index (κ2) is 12.8. The topological polar surface area (TPSA) is 106 Å². The molecule has 2 aromatic rings. The number of Topliss-reactive ketones (excluding diaryl/α,β-unsaturated/α-hetero) is 1. The van der Waals surface area contributed by atoms with E-state index in [1.807, 2.05) is 23.1 Å². The summed E-state index contributed by atoms with van der Waals surface area (Å²) in [5.41, 5.74) is 1.98. The van der Waals surface area contributed by atoms with Crippen LogP contribution in [-0.4, -0.2) is 78.7 Å². The van der Waals surface area contributed by atoms with Crippen LogP contribution in [0.2, 0.25) is 0 Å². The smallest absolute Gasteiger partial charge is 0.251 e. The van der Waals surface area contributed by atoms with E-state index in [9.17, 15) is 18.8 Å². The van der Waals surface area contributed by atoms with Crippen LogP contribution in [-0.2, 0) is 9.59 Å². The number of piperazine rings is 1. The molecule has 1 saturated carbocycles. The van der Waals surface area contributed by atoms with Crippen molar-refractivity contribution in [1.29, 1.82) is 5.26 Å². The van der Waals surface area contributed by atoms with E-state index >= 15 is 0 Å². The molecule has 2 aliphatic rings. The van der Waals surface area contributed by atoms with Crippen molar-refractivity contribution in [2.24, 2.45) is 0 Å². The molecule has 2 aromatic carbocycles. The van der Waals surface area contributed by atoms with Crippen molar-refractivity contribution >= 4 is 17.6 Å². The lowest BCUT2D eigenvalue weighted by molar-refractivity contribution is -0.135. The largest absolute Gasteiger partial charge is 0.340 e. The van der Waals surface area contributed by atoms with E-state index in [1.165, 1.54) is 12.1 Å². The average molecular weight is 520 g/mol. The predicted octanol–water partition coefficient (Wildman–Crippen LogP) is 2.45. The molecule has 0 unspecified atom stereocenters. The Labute approximate surface area is 222 Å². The monoisotopic (exact) mass is 519 g/mol. The average Bonchev–Trinajstić information content (AvgIpc) is 3.70. The van der Waals surface area contributed by atoms with Crippen molar-refractivity contribution in [2.45, 2.75) is 44.2 Å². The Balaban J connectivity index is 1.32. The molecular formula is C29H34FN5O3. The Hall–Kier alpha value is -3.61. The lowest BCUT2D eigenvalue weighted by Crippen LogP contribution is -2.55. The first kappa shape index (κ1) is 27.4. The van der Waals surface area contributed by atoms with E-state index < -0.39 is 6.04 Å². The third-order valence-electron chi connectivity index (χ3n) is 7.17. The second-order valence-electron chi connectivity index (χ2n) is 10.1. The van der Waals surface area contributed by atoms with Crippen molar-refractivity contribution in [3.63, 3.8) is 0 Å². The molecule has 1 heterocycles. The lowest BCUT2D eigenvalue weighted by Gasteiger charge is -2.36. The number of rotatable bonds is 11. The predicted molar refractivity (Wildman–Crippen MR) is 141 cm³/mol. The van der Waals surface area contributed by atoms with E-state index in [0.29, 0.717) is 75.2 Å². The van der Waals surface area contributed by atoms with Gasteiger partial charge in [-0.25, -0.2) is 4.39 Å². The minimum absolute atomic E-state index is 0.0992. The van der Waals surface area contributed by atoms with Crippen LogP contribution >= 0.6 is 0 Å². The van der Waals surface area contributed by atoms with Crippen LogP contribution in [0, 0.1) is 17.1 Å². The molecule has 3 atom stereocenters. The summed E-state index contributed by atoms with van der Waals surface area (Å²) >= 11 is 0. The number of nitriles is 1. The molecule has 2 N–H and O–H groups in total. The van der Waals surface area contributed by atoms with Crippen LogP contribution in [0.25, 0.3) is 0 Å². The van der Waals surface area contributed by atoms with Crippen LogP contribution in [0.4, 0.5) is 4.39 Å². The van der Waals surface area contributed by atoms with Crippen LogP contribution < -0.4 is 10.6 Å². The molecule has 1 saturated heterocycles. The standard InChI is InChI=1S/C29H34FN5O3/c1-20(36)19-34-13-15-35(16-14-34)29(38)26(33-28(37)23-6-4-21(18-31)5-7-23)3-2-12-32-27-17-25(27)22-8-10-24(30)11-9-22/h4-11,25-27,32H,2-3,12-17,19H2,1H3,(H,33,37)/t25-,26-,27+/m0/s1. The first-order valence-corrected chi connectivity index (χ1v) is 13.1. The molecule has 0 bridgehead atoms. The maximum atomic E-state index is 13.4. The summed E-state index contributed by atoms with van der Waals surface area (Å²) in [5, 5.41) is 15.4. The van der Waals surface area contributed by atoms with Gasteiger partial charge in [0.15, 0.2) is 0 Å². The number of benzene rings is 2. The SMILES string of the molecule is CC(=O)CN1CCN(C(=O)[C@H](CCCN[C@@H]2C[C@H]2c2ccc(F)cc2)NC(=O)c2ccc(C#N)cc2)CC1. The summed E-state index contributed by atoms with van der Waals surface area (Å²) < 4.78 is 13.2. The Morgan fingerprint density at radius 3 is 2.37 bits per heavy atom. The molecule has 1 aliphatic carbocycles. The number of carbonyl (C=O) groups excluding carboxylic acids is 3. The number of nitrogens with zero attached hydrogens (tertiary/aromatic N) is 3.